The molecule has 2 bridgehead atoms. The summed E-state index contributed by atoms with van der Waals surface area (Å²) in [5, 5.41) is 9.18. The van der Waals surface area contributed by atoms with Crippen molar-refractivity contribution in [2.45, 2.75) is 82.6 Å². The van der Waals surface area contributed by atoms with Gasteiger partial charge in [-0.05, 0) is 45.4 Å². The van der Waals surface area contributed by atoms with Gasteiger partial charge in [-0.25, -0.2) is 0 Å². The molecule has 3 fully saturated rings. The van der Waals surface area contributed by atoms with Gasteiger partial charge < -0.3 is 24.5 Å². The number of aliphatic hydroxyl groups excluding tert-OH is 1. The zero-order valence-electron chi connectivity index (χ0n) is 21.7. The summed E-state index contributed by atoms with van der Waals surface area (Å²) in [6.45, 7) is 13.0. The van der Waals surface area contributed by atoms with Gasteiger partial charge in [0.15, 0.2) is 0 Å². The summed E-state index contributed by atoms with van der Waals surface area (Å²) in [6.07, 6.45) is 8.18. The third-order valence-corrected chi connectivity index (χ3v) is 8.00. The Morgan fingerprint density at radius 3 is 2.57 bits per heavy atom. The molecule has 0 aromatic rings. The van der Waals surface area contributed by atoms with Crippen LogP contribution >= 0.6 is 0 Å². The van der Waals surface area contributed by atoms with Crippen LogP contribution in [0, 0.1) is 11.8 Å². The zero-order chi connectivity index (χ0) is 25.8. The van der Waals surface area contributed by atoms with E-state index in [1.54, 1.807) is 29.0 Å². The van der Waals surface area contributed by atoms with E-state index in [-0.39, 0.29) is 36.5 Å². The molecule has 3 amide bonds. The Balaban J connectivity index is 1.99. The lowest BCUT2D eigenvalue weighted by atomic mass is 9.70. The average Bonchev–Trinajstić information content (AvgIpc) is 3.47. The summed E-state index contributed by atoms with van der Waals surface area (Å²) in [5.74, 6) is -1.62. The van der Waals surface area contributed by atoms with Gasteiger partial charge in [-0.2, -0.15) is 0 Å². The number of aliphatic hydroxyl groups is 1. The molecule has 3 rings (SSSR count). The molecule has 0 aliphatic carbocycles. The molecule has 196 valence electrons. The van der Waals surface area contributed by atoms with Gasteiger partial charge >= 0.3 is 0 Å². The molecule has 6 atom stereocenters. The molecule has 0 aromatic carbocycles. The molecule has 3 heterocycles. The smallest absolute Gasteiger partial charge is 0.248 e. The minimum atomic E-state index is -0.976. The minimum absolute atomic E-state index is 0.00190. The van der Waals surface area contributed by atoms with Crippen LogP contribution in [0.4, 0.5) is 0 Å². The number of carbonyl (C=O) groups is 3. The summed E-state index contributed by atoms with van der Waals surface area (Å²) < 4.78 is 6.53. The van der Waals surface area contributed by atoms with Gasteiger partial charge in [0, 0.05) is 39.3 Å². The predicted molar refractivity (Wildman–Crippen MR) is 134 cm³/mol. The Hall–Kier alpha value is -2.19. The fraction of sp³-hybridized carbons (Fsp3) is 0.741. The van der Waals surface area contributed by atoms with E-state index in [0.29, 0.717) is 45.3 Å². The van der Waals surface area contributed by atoms with Crippen LogP contribution in [-0.2, 0) is 19.1 Å². The molecule has 1 N–H and O–H groups in total. The minimum Gasteiger partial charge on any atom is -0.396 e. The standard InChI is InChI=1S/C27H43N3O5/c1-6-12-19(4)29(16-8-3)26(34)23-27-14-13-20(35-27)21(24(32)28(5)15-7-2)22(27)25(33)30(23)17-10-9-11-18-31/h7-8,19-23,31H,2-3,6,9-18H2,1,4-5H3/t19?,20-,21+,22-,23?,27?/m0/s1. The predicted octanol–water partition coefficient (Wildman–Crippen LogP) is 2.37. The van der Waals surface area contributed by atoms with Crippen molar-refractivity contribution in [3.05, 3.63) is 25.3 Å². The summed E-state index contributed by atoms with van der Waals surface area (Å²) >= 11 is 0. The number of likely N-dealkylation sites (tertiary alicyclic amines) is 1. The Bertz CT molecular complexity index is 817. The Labute approximate surface area is 210 Å². The van der Waals surface area contributed by atoms with E-state index < -0.39 is 23.5 Å². The zero-order valence-corrected chi connectivity index (χ0v) is 21.7. The number of nitrogens with zero attached hydrogens (tertiary/aromatic N) is 3. The molecule has 0 saturated carbocycles. The quantitative estimate of drug-likeness (QED) is 0.299. The molecule has 3 unspecified atom stereocenters. The number of unbranched alkanes of at least 4 members (excludes halogenated alkanes) is 2. The molecule has 1 spiro atoms. The first kappa shape index (κ1) is 27.4. The maximum absolute atomic E-state index is 14.2. The first-order chi connectivity index (χ1) is 16.8. The van der Waals surface area contributed by atoms with Crippen LogP contribution < -0.4 is 0 Å². The normalized spacial score (nSPS) is 29.7. The Morgan fingerprint density at radius 1 is 1.23 bits per heavy atom. The molecule has 35 heavy (non-hydrogen) atoms. The lowest BCUT2D eigenvalue weighted by Crippen LogP contribution is -2.58. The number of ether oxygens (including phenoxy) is 1. The summed E-state index contributed by atoms with van der Waals surface area (Å²) in [5.41, 5.74) is -0.976. The Kier molecular flexibility index (Phi) is 9.16. The second-order valence-corrected chi connectivity index (χ2v) is 10.3. The molecule has 0 radical (unpaired) electrons. The topological polar surface area (TPSA) is 90.4 Å². The molecule has 8 heteroatoms. The maximum atomic E-state index is 14.2. The largest absolute Gasteiger partial charge is 0.396 e. The number of fused-ring (bicyclic) bond motifs is 1. The van der Waals surface area contributed by atoms with Crippen LogP contribution in [0.2, 0.25) is 0 Å². The van der Waals surface area contributed by atoms with Crippen molar-refractivity contribution in [2.75, 3.05) is 33.3 Å². The van der Waals surface area contributed by atoms with Crippen molar-refractivity contribution in [2.24, 2.45) is 11.8 Å². The van der Waals surface area contributed by atoms with E-state index in [2.05, 4.69) is 20.1 Å². The average molecular weight is 490 g/mol. The van der Waals surface area contributed by atoms with Gasteiger partial charge in [-0.15, -0.1) is 13.2 Å². The van der Waals surface area contributed by atoms with Crippen LogP contribution in [0.25, 0.3) is 0 Å². The van der Waals surface area contributed by atoms with E-state index in [0.717, 1.165) is 19.3 Å². The van der Waals surface area contributed by atoms with Crippen LogP contribution in [0.3, 0.4) is 0 Å². The van der Waals surface area contributed by atoms with Gasteiger partial charge in [0.05, 0.1) is 17.9 Å². The Morgan fingerprint density at radius 2 is 1.94 bits per heavy atom. The summed E-state index contributed by atoms with van der Waals surface area (Å²) in [6, 6.07) is -0.747. The highest BCUT2D eigenvalue weighted by Crippen LogP contribution is 2.59. The SMILES string of the molecule is C=CCN(C)C(=O)[C@@H]1[C@@H]2CCC3(O2)C(C(=O)N(CC=C)C(C)CCC)N(CCCCCO)C(=O)[C@H]13. The number of rotatable bonds is 14. The first-order valence-corrected chi connectivity index (χ1v) is 13.1. The van der Waals surface area contributed by atoms with E-state index in [1.165, 1.54) is 0 Å². The fourth-order valence-electron chi connectivity index (χ4n) is 6.42. The van der Waals surface area contributed by atoms with Gasteiger partial charge in [0.25, 0.3) is 0 Å². The van der Waals surface area contributed by atoms with Crippen molar-refractivity contribution in [3.8, 4) is 0 Å². The lowest BCUT2D eigenvalue weighted by molar-refractivity contribution is -0.150. The van der Waals surface area contributed by atoms with Crippen molar-refractivity contribution < 1.29 is 24.2 Å². The van der Waals surface area contributed by atoms with Crippen LogP contribution in [-0.4, -0.2) is 94.6 Å². The van der Waals surface area contributed by atoms with Crippen molar-refractivity contribution in [1.82, 2.24) is 14.7 Å². The number of amides is 3. The third kappa shape index (κ3) is 4.92. The highest BCUT2D eigenvalue weighted by Gasteiger charge is 2.74. The van der Waals surface area contributed by atoms with Crippen molar-refractivity contribution in [1.29, 1.82) is 0 Å². The molecule has 3 saturated heterocycles. The molecular weight excluding hydrogens is 446 g/mol. The monoisotopic (exact) mass is 489 g/mol. The number of likely N-dealkylation sites (N-methyl/N-ethyl adjacent to an activating group) is 1. The van der Waals surface area contributed by atoms with Crippen molar-refractivity contribution >= 4 is 17.7 Å². The number of hydrogen-bond donors (Lipinski definition) is 1. The fourth-order valence-corrected chi connectivity index (χ4v) is 6.42. The van der Waals surface area contributed by atoms with Crippen molar-refractivity contribution in [3.63, 3.8) is 0 Å². The number of carbonyl (C=O) groups excluding carboxylic acids is 3. The lowest BCUT2D eigenvalue weighted by Gasteiger charge is -2.39. The van der Waals surface area contributed by atoms with E-state index >= 15 is 0 Å². The highest BCUT2D eigenvalue weighted by molar-refractivity contribution is 5.99. The van der Waals surface area contributed by atoms with E-state index in [9.17, 15) is 19.5 Å². The van der Waals surface area contributed by atoms with E-state index in [4.69, 9.17) is 4.74 Å². The first-order valence-electron chi connectivity index (χ1n) is 13.1. The maximum Gasteiger partial charge on any atom is 0.248 e. The van der Waals surface area contributed by atoms with Gasteiger partial charge in [-0.1, -0.05) is 25.5 Å². The summed E-state index contributed by atoms with van der Waals surface area (Å²) in [4.78, 5) is 46.6. The summed E-state index contributed by atoms with van der Waals surface area (Å²) in [7, 11) is 1.72. The van der Waals surface area contributed by atoms with E-state index in [1.807, 2.05) is 11.8 Å². The molecule has 8 nitrogen and oxygen atoms in total. The number of hydrogen-bond acceptors (Lipinski definition) is 5. The molecule has 3 aliphatic heterocycles. The van der Waals surface area contributed by atoms with Crippen LogP contribution in [0.5, 0.6) is 0 Å². The molecular formula is C27H43N3O5. The second kappa shape index (κ2) is 11.7. The van der Waals surface area contributed by atoms with Crippen LogP contribution in [0.15, 0.2) is 25.3 Å². The van der Waals surface area contributed by atoms with Gasteiger partial charge in [-0.3, -0.25) is 14.4 Å². The third-order valence-electron chi connectivity index (χ3n) is 8.00. The van der Waals surface area contributed by atoms with Gasteiger partial charge in [0.2, 0.25) is 17.7 Å². The van der Waals surface area contributed by atoms with Crippen LogP contribution in [0.1, 0.15) is 58.8 Å². The van der Waals surface area contributed by atoms with Gasteiger partial charge in [0.1, 0.15) is 11.6 Å². The molecule has 3 aliphatic rings. The molecule has 0 aromatic heterocycles. The second-order valence-electron chi connectivity index (χ2n) is 10.3. The highest BCUT2D eigenvalue weighted by atomic mass is 16.5.